The molecule has 1 aromatic carbocycles. The first-order valence-electron chi connectivity index (χ1n) is 7.34. The largest absolute Gasteiger partial charge is 0.481 e. The number of hydrogen-bond acceptors (Lipinski definition) is 3. The van der Waals surface area contributed by atoms with E-state index in [0.29, 0.717) is 12.8 Å². The monoisotopic (exact) mass is 290 g/mol. The minimum atomic E-state index is -0.865. The molecule has 21 heavy (non-hydrogen) atoms. The smallest absolute Gasteiger partial charge is 0.305 e. The van der Waals surface area contributed by atoms with E-state index in [1.165, 1.54) is 0 Å². The number of amides is 1. The number of benzene rings is 1. The molecule has 5 heteroatoms. The maximum absolute atomic E-state index is 12.0. The lowest BCUT2D eigenvalue weighted by Gasteiger charge is -2.41. The maximum atomic E-state index is 12.0. The Morgan fingerprint density at radius 3 is 2.48 bits per heavy atom. The minimum Gasteiger partial charge on any atom is -0.481 e. The van der Waals surface area contributed by atoms with Crippen LogP contribution in [0.1, 0.15) is 50.1 Å². The summed E-state index contributed by atoms with van der Waals surface area (Å²) in [5, 5.41) is 11.8. The second kappa shape index (κ2) is 6.72. The van der Waals surface area contributed by atoms with Gasteiger partial charge in [-0.3, -0.25) is 9.59 Å². The predicted molar refractivity (Wildman–Crippen MR) is 79.6 cm³/mol. The molecule has 0 spiro atoms. The van der Waals surface area contributed by atoms with Crippen molar-refractivity contribution in [2.75, 3.05) is 0 Å². The van der Waals surface area contributed by atoms with Crippen LogP contribution in [0.3, 0.4) is 0 Å². The van der Waals surface area contributed by atoms with Crippen molar-refractivity contribution in [2.24, 2.45) is 5.73 Å². The van der Waals surface area contributed by atoms with Crippen molar-refractivity contribution in [2.45, 2.75) is 50.1 Å². The third kappa shape index (κ3) is 4.29. The van der Waals surface area contributed by atoms with Crippen molar-refractivity contribution >= 4 is 11.9 Å². The van der Waals surface area contributed by atoms with Crippen LogP contribution in [-0.4, -0.2) is 22.5 Å². The molecule has 114 valence electrons. The lowest BCUT2D eigenvalue weighted by Crippen LogP contribution is -2.54. The molecule has 1 saturated carbocycles. The van der Waals surface area contributed by atoms with Crippen LogP contribution in [-0.2, 0) is 9.59 Å². The molecule has 0 heterocycles. The van der Waals surface area contributed by atoms with E-state index in [-0.39, 0.29) is 18.4 Å². The fourth-order valence-electron chi connectivity index (χ4n) is 2.75. The molecule has 5 nitrogen and oxygen atoms in total. The van der Waals surface area contributed by atoms with Gasteiger partial charge in [-0.05, 0) is 31.2 Å². The zero-order chi connectivity index (χ0) is 15.3. The quantitative estimate of drug-likeness (QED) is 0.716. The van der Waals surface area contributed by atoms with E-state index >= 15 is 0 Å². The van der Waals surface area contributed by atoms with Crippen LogP contribution >= 0.6 is 0 Å². The Morgan fingerprint density at radius 2 is 1.95 bits per heavy atom. The Balaban J connectivity index is 1.81. The highest BCUT2D eigenvalue weighted by molar-refractivity contribution is 5.78. The summed E-state index contributed by atoms with van der Waals surface area (Å²) >= 11 is 0. The molecule has 1 amide bonds. The fourth-order valence-corrected chi connectivity index (χ4v) is 2.75. The molecule has 1 fully saturated rings. The van der Waals surface area contributed by atoms with Gasteiger partial charge in [0.25, 0.3) is 0 Å². The van der Waals surface area contributed by atoms with Gasteiger partial charge in [-0.15, -0.1) is 0 Å². The maximum Gasteiger partial charge on any atom is 0.305 e. The Hall–Kier alpha value is -1.88. The van der Waals surface area contributed by atoms with Crippen LogP contribution in [0.5, 0.6) is 0 Å². The van der Waals surface area contributed by atoms with Crippen molar-refractivity contribution in [3.05, 3.63) is 35.9 Å². The summed E-state index contributed by atoms with van der Waals surface area (Å²) in [5.74, 6) is -0.974. The van der Waals surface area contributed by atoms with Gasteiger partial charge < -0.3 is 16.2 Å². The predicted octanol–water partition coefficient (Wildman–Crippen LogP) is 1.98. The highest BCUT2D eigenvalue weighted by Gasteiger charge is 2.40. The zero-order valence-corrected chi connectivity index (χ0v) is 12.0. The van der Waals surface area contributed by atoms with Crippen LogP contribution in [0.15, 0.2) is 30.3 Å². The first-order valence-corrected chi connectivity index (χ1v) is 7.34. The van der Waals surface area contributed by atoms with Gasteiger partial charge in [0, 0.05) is 12.5 Å². The highest BCUT2D eigenvalue weighted by atomic mass is 16.4. The lowest BCUT2D eigenvalue weighted by atomic mass is 9.74. The van der Waals surface area contributed by atoms with Gasteiger partial charge in [-0.1, -0.05) is 30.3 Å². The molecule has 0 radical (unpaired) electrons. The van der Waals surface area contributed by atoms with Crippen molar-refractivity contribution in [3.8, 4) is 0 Å². The van der Waals surface area contributed by atoms with Crippen molar-refractivity contribution < 1.29 is 14.7 Å². The third-order valence-corrected chi connectivity index (χ3v) is 4.11. The molecule has 0 aliphatic heterocycles. The van der Waals surface area contributed by atoms with Gasteiger partial charge in [0.05, 0.1) is 12.0 Å². The molecule has 1 aromatic rings. The van der Waals surface area contributed by atoms with Gasteiger partial charge >= 0.3 is 5.97 Å². The molecule has 0 aromatic heterocycles. The molecule has 1 unspecified atom stereocenters. The van der Waals surface area contributed by atoms with Crippen molar-refractivity contribution in [1.82, 2.24) is 5.32 Å². The minimum absolute atomic E-state index is 0.00345. The van der Waals surface area contributed by atoms with Gasteiger partial charge in [0.15, 0.2) is 0 Å². The van der Waals surface area contributed by atoms with Crippen LogP contribution in [0.25, 0.3) is 0 Å². The number of carboxylic acid groups (broad SMARTS) is 1. The van der Waals surface area contributed by atoms with Gasteiger partial charge in [-0.2, -0.15) is 0 Å². The summed E-state index contributed by atoms with van der Waals surface area (Å²) in [6.45, 7) is 0. The van der Waals surface area contributed by atoms with E-state index in [1.807, 2.05) is 30.3 Å². The number of carboxylic acids is 1. The van der Waals surface area contributed by atoms with E-state index in [9.17, 15) is 9.59 Å². The second-order valence-electron chi connectivity index (χ2n) is 5.81. The van der Waals surface area contributed by atoms with E-state index in [2.05, 4.69) is 5.32 Å². The Morgan fingerprint density at radius 1 is 1.29 bits per heavy atom. The van der Waals surface area contributed by atoms with Gasteiger partial charge in [-0.25, -0.2) is 0 Å². The normalized spacial score (nSPS) is 17.6. The number of aliphatic carboxylic acids is 1. The zero-order valence-electron chi connectivity index (χ0n) is 12.0. The number of rotatable bonds is 7. The van der Waals surface area contributed by atoms with E-state index in [1.54, 1.807) is 0 Å². The molecule has 0 saturated heterocycles. The Bertz CT molecular complexity index is 498. The highest BCUT2D eigenvalue weighted by Crippen LogP contribution is 2.35. The number of hydrogen-bond donors (Lipinski definition) is 3. The standard InChI is InChI=1S/C16H22N2O3/c17-13(12-5-2-1-3-6-12)7-8-14(19)18-16(9-4-10-16)11-15(20)21/h1-3,5-6,13H,4,7-11,17H2,(H,18,19)(H,20,21). The molecule has 4 N–H and O–H groups in total. The molecule has 2 rings (SSSR count). The first-order chi connectivity index (χ1) is 10.0. The molecular weight excluding hydrogens is 268 g/mol. The van der Waals surface area contributed by atoms with Crippen molar-refractivity contribution in [3.63, 3.8) is 0 Å². The summed E-state index contributed by atoms with van der Waals surface area (Å²) in [7, 11) is 0. The molecule has 0 bridgehead atoms. The fraction of sp³-hybridized carbons (Fsp3) is 0.500. The molecule has 1 aliphatic carbocycles. The topological polar surface area (TPSA) is 92.4 Å². The molecular formula is C16H22N2O3. The third-order valence-electron chi connectivity index (χ3n) is 4.11. The van der Waals surface area contributed by atoms with Crippen LogP contribution in [0.2, 0.25) is 0 Å². The summed E-state index contributed by atoms with van der Waals surface area (Å²) in [6.07, 6.45) is 3.34. The first kappa shape index (κ1) is 15.5. The van der Waals surface area contributed by atoms with Gasteiger partial charge in [0.1, 0.15) is 0 Å². The summed E-state index contributed by atoms with van der Waals surface area (Å²) in [5.41, 5.74) is 6.54. The summed E-state index contributed by atoms with van der Waals surface area (Å²) < 4.78 is 0. The summed E-state index contributed by atoms with van der Waals surface area (Å²) in [4.78, 5) is 22.9. The average Bonchev–Trinajstić information content (AvgIpc) is 2.43. The number of carbonyl (C=O) groups excluding carboxylic acids is 1. The van der Waals surface area contributed by atoms with Crippen LogP contribution in [0, 0.1) is 0 Å². The molecule has 1 aliphatic rings. The lowest BCUT2D eigenvalue weighted by molar-refractivity contribution is -0.140. The van der Waals surface area contributed by atoms with Crippen LogP contribution in [0.4, 0.5) is 0 Å². The Kier molecular flexibility index (Phi) is 4.96. The number of nitrogens with two attached hydrogens (primary N) is 1. The Labute approximate surface area is 124 Å². The number of nitrogens with one attached hydrogen (secondary N) is 1. The van der Waals surface area contributed by atoms with E-state index in [0.717, 1.165) is 24.8 Å². The van der Waals surface area contributed by atoms with E-state index < -0.39 is 11.5 Å². The van der Waals surface area contributed by atoms with Crippen molar-refractivity contribution in [1.29, 1.82) is 0 Å². The van der Waals surface area contributed by atoms with E-state index in [4.69, 9.17) is 10.8 Å². The van der Waals surface area contributed by atoms with Gasteiger partial charge in [0.2, 0.25) is 5.91 Å². The SMILES string of the molecule is NC(CCC(=O)NC1(CC(=O)O)CCC1)c1ccccc1. The summed E-state index contributed by atoms with van der Waals surface area (Å²) in [6, 6.07) is 9.49. The number of carbonyl (C=O) groups is 2. The van der Waals surface area contributed by atoms with Crippen LogP contribution < -0.4 is 11.1 Å². The average molecular weight is 290 g/mol. The second-order valence-corrected chi connectivity index (χ2v) is 5.81. The molecule has 1 atom stereocenters.